The van der Waals surface area contributed by atoms with Gasteiger partial charge in [-0.05, 0) is 104 Å². The monoisotopic (exact) mass is 688 g/mol. The summed E-state index contributed by atoms with van der Waals surface area (Å²) >= 11 is 3.48. The summed E-state index contributed by atoms with van der Waals surface area (Å²) in [6.45, 7) is 4.70. The molecule has 0 atom stereocenters. The molecule has 0 N–H and O–H groups in total. The van der Waals surface area contributed by atoms with Gasteiger partial charge >= 0.3 is 0 Å². The van der Waals surface area contributed by atoms with E-state index >= 15 is 0 Å². The SMILES string of the molecule is CC1(C)c2ccccc2-c2ccc(-c3cc(-c4ccc(-c5nc6ccccc6s5)cc4)cc(-c4ccc(-c5nc6ccccc6s5)cc4)c3)cc21. The van der Waals surface area contributed by atoms with Crippen LogP contribution >= 0.6 is 22.7 Å². The molecular formula is C47H32N2S2. The van der Waals surface area contributed by atoms with Crippen LogP contribution in [0.15, 0.2) is 158 Å². The lowest BCUT2D eigenvalue weighted by atomic mass is 9.81. The quantitative estimate of drug-likeness (QED) is 0.180. The topological polar surface area (TPSA) is 25.8 Å². The molecule has 0 spiro atoms. The van der Waals surface area contributed by atoms with Gasteiger partial charge in [-0.15, -0.1) is 22.7 Å². The predicted molar refractivity (Wildman–Crippen MR) is 218 cm³/mol. The van der Waals surface area contributed by atoms with Crippen molar-refractivity contribution in [2.75, 3.05) is 0 Å². The van der Waals surface area contributed by atoms with Crippen molar-refractivity contribution in [3.05, 3.63) is 169 Å². The number of fused-ring (bicyclic) bond motifs is 5. The summed E-state index contributed by atoms with van der Waals surface area (Å²) in [5.74, 6) is 0. The van der Waals surface area contributed by atoms with Crippen LogP contribution in [0.4, 0.5) is 0 Å². The molecule has 242 valence electrons. The van der Waals surface area contributed by atoms with Gasteiger partial charge in [-0.25, -0.2) is 9.97 Å². The van der Waals surface area contributed by atoms with Crippen LogP contribution in [-0.4, -0.2) is 9.97 Å². The van der Waals surface area contributed by atoms with Crippen molar-refractivity contribution in [1.29, 1.82) is 0 Å². The fourth-order valence-corrected chi connectivity index (χ4v) is 9.56. The molecule has 1 aliphatic rings. The van der Waals surface area contributed by atoms with Gasteiger partial charge in [0.2, 0.25) is 0 Å². The summed E-state index contributed by atoms with van der Waals surface area (Å²) in [5, 5.41) is 2.10. The van der Waals surface area contributed by atoms with Gasteiger partial charge in [0.05, 0.1) is 20.4 Å². The Labute approximate surface area is 305 Å². The average molecular weight is 689 g/mol. The molecule has 2 aromatic heterocycles. The first kappa shape index (κ1) is 30.2. The number of hydrogen-bond donors (Lipinski definition) is 0. The van der Waals surface area contributed by atoms with Crippen LogP contribution in [0.25, 0.3) is 86.1 Å². The first-order chi connectivity index (χ1) is 25.0. The number of thiazole rings is 2. The van der Waals surface area contributed by atoms with Crippen LogP contribution in [0.3, 0.4) is 0 Å². The third-order valence-corrected chi connectivity index (χ3v) is 12.5. The van der Waals surface area contributed by atoms with Crippen LogP contribution in [0.5, 0.6) is 0 Å². The molecule has 51 heavy (non-hydrogen) atoms. The zero-order valence-electron chi connectivity index (χ0n) is 28.2. The molecule has 2 heterocycles. The van der Waals surface area contributed by atoms with E-state index in [1.54, 1.807) is 22.7 Å². The standard InChI is InChI=1S/C47H32N2S2/c1-47(2)39-10-4-3-9-37(39)38-24-23-33(28-40(38)47)36-26-34(29-15-19-31(20-16-29)45-48-41-11-5-7-13-43(41)50-45)25-35(27-36)30-17-21-32(22-18-30)46-49-42-12-6-8-14-44(42)51-46/h3-28H,1-2H3. The number of nitrogens with zero attached hydrogens (tertiary/aromatic N) is 2. The van der Waals surface area contributed by atoms with Crippen molar-refractivity contribution in [3.8, 4) is 65.6 Å². The van der Waals surface area contributed by atoms with Gasteiger partial charge in [-0.1, -0.05) is 123 Å². The van der Waals surface area contributed by atoms with Gasteiger partial charge in [0.25, 0.3) is 0 Å². The Morgan fingerprint density at radius 1 is 0.373 bits per heavy atom. The lowest BCUT2D eigenvalue weighted by Gasteiger charge is -2.22. The van der Waals surface area contributed by atoms with E-state index in [1.165, 1.54) is 65.0 Å². The van der Waals surface area contributed by atoms with Gasteiger partial charge in [0.1, 0.15) is 10.0 Å². The minimum atomic E-state index is -0.0602. The van der Waals surface area contributed by atoms with Gasteiger partial charge in [0, 0.05) is 16.5 Å². The van der Waals surface area contributed by atoms with Crippen molar-refractivity contribution in [3.63, 3.8) is 0 Å². The van der Waals surface area contributed by atoms with Crippen LogP contribution in [0.2, 0.25) is 0 Å². The van der Waals surface area contributed by atoms with Crippen molar-refractivity contribution in [2.24, 2.45) is 0 Å². The Morgan fingerprint density at radius 3 is 1.35 bits per heavy atom. The maximum absolute atomic E-state index is 4.90. The Morgan fingerprint density at radius 2 is 0.804 bits per heavy atom. The maximum atomic E-state index is 4.90. The zero-order chi connectivity index (χ0) is 34.1. The Hall–Kier alpha value is -5.68. The second-order valence-electron chi connectivity index (χ2n) is 13.9. The summed E-state index contributed by atoms with van der Waals surface area (Å²) < 4.78 is 2.42. The van der Waals surface area contributed by atoms with Crippen molar-refractivity contribution in [1.82, 2.24) is 9.97 Å². The number of benzene rings is 7. The summed E-state index contributed by atoms with van der Waals surface area (Å²) in [6, 6.07) is 57.4. The molecule has 10 rings (SSSR count). The van der Waals surface area contributed by atoms with Crippen molar-refractivity contribution >= 4 is 43.1 Å². The largest absolute Gasteiger partial charge is 0.236 e. The highest BCUT2D eigenvalue weighted by atomic mass is 32.1. The fourth-order valence-electron chi connectivity index (χ4n) is 7.61. The van der Waals surface area contributed by atoms with E-state index in [0.29, 0.717) is 0 Å². The van der Waals surface area contributed by atoms with Gasteiger partial charge in [0.15, 0.2) is 0 Å². The van der Waals surface area contributed by atoms with Crippen molar-refractivity contribution < 1.29 is 0 Å². The minimum Gasteiger partial charge on any atom is -0.236 e. The molecule has 0 amide bonds. The normalized spacial score (nSPS) is 13.1. The predicted octanol–water partition coefficient (Wildman–Crippen LogP) is 13.5. The molecule has 0 saturated carbocycles. The second kappa shape index (κ2) is 11.7. The van der Waals surface area contributed by atoms with Crippen LogP contribution in [0, 0.1) is 0 Å². The zero-order valence-corrected chi connectivity index (χ0v) is 29.9. The summed E-state index contributed by atoms with van der Waals surface area (Å²) in [7, 11) is 0. The maximum Gasteiger partial charge on any atom is 0.124 e. The summed E-state index contributed by atoms with van der Waals surface area (Å²) in [5.41, 5.74) is 17.0. The van der Waals surface area contributed by atoms with E-state index in [0.717, 1.165) is 32.2 Å². The van der Waals surface area contributed by atoms with Gasteiger partial charge < -0.3 is 0 Å². The van der Waals surface area contributed by atoms with E-state index in [2.05, 4.69) is 172 Å². The average Bonchev–Trinajstić information content (AvgIpc) is 3.88. The molecule has 1 aliphatic carbocycles. The third-order valence-electron chi connectivity index (χ3n) is 10.4. The number of para-hydroxylation sites is 2. The molecule has 7 aromatic carbocycles. The van der Waals surface area contributed by atoms with E-state index in [4.69, 9.17) is 9.97 Å². The summed E-state index contributed by atoms with van der Waals surface area (Å²) in [4.78, 5) is 9.81. The van der Waals surface area contributed by atoms with E-state index in [1.807, 2.05) is 0 Å². The molecule has 2 nitrogen and oxygen atoms in total. The van der Waals surface area contributed by atoms with E-state index < -0.39 is 0 Å². The first-order valence-corrected chi connectivity index (χ1v) is 18.9. The molecule has 0 saturated heterocycles. The molecule has 9 aromatic rings. The lowest BCUT2D eigenvalue weighted by molar-refractivity contribution is 0.660. The molecule has 0 unspecified atom stereocenters. The van der Waals surface area contributed by atoms with Crippen LogP contribution < -0.4 is 0 Å². The second-order valence-corrected chi connectivity index (χ2v) is 15.9. The van der Waals surface area contributed by atoms with E-state index in [9.17, 15) is 0 Å². The van der Waals surface area contributed by atoms with E-state index in [-0.39, 0.29) is 5.41 Å². The Balaban J connectivity index is 1.07. The molecule has 4 heteroatoms. The highest BCUT2D eigenvalue weighted by Crippen LogP contribution is 2.50. The third kappa shape index (κ3) is 5.14. The molecule has 0 bridgehead atoms. The number of aromatic nitrogens is 2. The number of hydrogen-bond acceptors (Lipinski definition) is 4. The smallest absolute Gasteiger partial charge is 0.124 e. The minimum absolute atomic E-state index is 0.0602. The molecular weight excluding hydrogens is 657 g/mol. The molecule has 0 fully saturated rings. The highest BCUT2D eigenvalue weighted by Gasteiger charge is 2.35. The summed E-state index contributed by atoms with van der Waals surface area (Å²) in [6.07, 6.45) is 0. The van der Waals surface area contributed by atoms with Gasteiger partial charge in [-0.3, -0.25) is 0 Å². The first-order valence-electron chi connectivity index (χ1n) is 17.3. The fraction of sp³-hybridized carbons (Fsp3) is 0.0638. The van der Waals surface area contributed by atoms with Crippen molar-refractivity contribution in [2.45, 2.75) is 19.3 Å². The highest BCUT2D eigenvalue weighted by molar-refractivity contribution is 7.22. The van der Waals surface area contributed by atoms with Crippen LogP contribution in [0.1, 0.15) is 25.0 Å². The molecule has 0 radical (unpaired) electrons. The Kier molecular flexibility index (Phi) is 6.92. The molecule has 0 aliphatic heterocycles. The Bertz CT molecular complexity index is 2560. The lowest BCUT2D eigenvalue weighted by Crippen LogP contribution is -2.14. The number of rotatable bonds is 5. The van der Waals surface area contributed by atoms with Crippen LogP contribution in [-0.2, 0) is 5.41 Å². The van der Waals surface area contributed by atoms with Gasteiger partial charge in [-0.2, -0.15) is 0 Å².